The SMILES string of the molecule is Clc1cccc2nc(NC3CC3)sc12. The Bertz CT molecular complexity index is 476. The normalized spacial score (nSPS) is 16.1. The smallest absolute Gasteiger partial charge is 0.184 e. The zero-order valence-electron chi connectivity index (χ0n) is 7.46. The fraction of sp³-hybridized carbons (Fsp3) is 0.300. The van der Waals surface area contributed by atoms with Crippen molar-refractivity contribution in [1.82, 2.24) is 4.98 Å². The van der Waals surface area contributed by atoms with Crippen LogP contribution in [0, 0.1) is 0 Å². The molecule has 0 spiro atoms. The zero-order valence-corrected chi connectivity index (χ0v) is 9.03. The van der Waals surface area contributed by atoms with Gasteiger partial charge in [-0.05, 0) is 25.0 Å². The van der Waals surface area contributed by atoms with Crippen molar-refractivity contribution in [1.29, 1.82) is 0 Å². The highest BCUT2D eigenvalue weighted by Crippen LogP contribution is 2.34. The van der Waals surface area contributed by atoms with Gasteiger partial charge in [-0.3, -0.25) is 0 Å². The van der Waals surface area contributed by atoms with Crippen LogP contribution in [0.5, 0.6) is 0 Å². The second-order valence-corrected chi connectivity index (χ2v) is 4.93. The maximum absolute atomic E-state index is 6.07. The lowest BCUT2D eigenvalue weighted by Gasteiger charge is -1.94. The lowest BCUT2D eigenvalue weighted by molar-refractivity contribution is 1.14. The largest absolute Gasteiger partial charge is 0.359 e. The van der Waals surface area contributed by atoms with Crippen molar-refractivity contribution in [3.8, 4) is 0 Å². The first-order valence-corrected chi connectivity index (χ1v) is 5.84. The number of thiazole rings is 1. The Balaban J connectivity index is 2.05. The van der Waals surface area contributed by atoms with Crippen molar-refractivity contribution < 1.29 is 0 Å². The highest BCUT2D eigenvalue weighted by atomic mass is 35.5. The molecule has 0 saturated heterocycles. The molecule has 2 nitrogen and oxygen atoms in total. The number of hydrogen-bond donors (Lipinski definition) is 1. The van der Waals surface area contributed by atoms with Crippen molar-refractivity contribution in [2.75, 3.05) is 5.32 Å². The number of halogens is 1. The molecule has 1 aliphatic carbocycles. The van der Waals surface area contributed by atoms with Crippen LogP contribution in [0.2, 0.25) is 5.02 Å². The van der Waals surface area contributed by atoms with Gasteiger partial charge in [-0.2, -0.15) is 0 Å². The van der Waals surface area contributed by atoms with Gasteiger partial charge in [0.2, 0.25) is 0 Å². The van der Waals surface area contributed by atoms with Crippen LogP contribution in [-0.4, -0.2) is 11.0 Å². The molecule has 0 radical (unpaired) electrons. The van der Waals surface area contributed by atoms with Gasteiger partial charge in [0, 0.05) is 6.04 Å². The van der Waals surface area contributed by atoms with Gasteiger partial charge in [-0.25, -0.2) is 4.98 Å². The van der Waals surface area contributed by atoms with Crippen LogP contribution in [0.15, 0.2) is 18.2 Å². The van der Waals surface area contributed by atoms with E-state index < -0.39 is 0 Å². The molecule has 72 valence electrons. The topological polar surface area (TPSA) is 24.9 Å². The molecule has 4 heteroatoms. The molecule has 0 aliphatic heterocycles. The van der Waals surface area contributed by atoms with Crippen LogP contribution in [0.1, 0.15) is 12.8 Å². The molecule has 1 heterocycles. The summed E-state index contributed by atoms with van der Waals surface area (Å²) in [7, 11) is 0. The van der Waals surface area contributed by atoms with E-state index >= 15 is 0 Å². The minimum atomic E-state index is 0.648. The average Bonchev–Trinajstić information content (AvgIpc) is 2.84. The summed E-state index contributed by atoms with van der Waals surface area (Å²) in [5.74, 6) is 0. The minimum Gasteiger partial charge on any atom is -0.359 e. The molecule has 3 rings (SSSR count). The molecular weight excluding hydrogens is 216 g/mol. The van der Waals surface area contributed by atoms with Crippen molar-refractivity contribution in [2.24, 2.45) is 0 Å². The number of nitrogens with zero attached hydrogens (tertiary/aromatic N) is 1. The number of fused-ring (bicyclic) bond motifs is 1. The van der Waals surface area contributed by atoms with Crippen molar-refractivity contribution in [3.05, 3.63) is 23.2 Å². The first-order valence-electron chi connectivity index (χ1n) is 4.64. The molecule has 0 unspecified atom stereocenters. The molecular formula is C10H9ClN2S. The first kappa shape index (κ1) is 8.50. The predicted octanol–water partition coefficient (Wildman–Crippen LogP) is 3.52. The second-order valence-electron chi connectivity index (χ2n) is 3.53. The van der Waals surface area contributed by atoms with Crippen LogP contribution in [0.3, 0.4) is 0 Å². The van der Waals surface area contributed by atoms with E-state index in [0.29, 0.717) is 6.04 Å². The average molecular weight is 225 g/mol. The van der Waals surface area contributed by atoms with Gasteiger partial charge in [0.25, 0.3) is 0 Å². The molecule has 2 aromatic rings. The maximum atomic E-state index is 6.07. The number of rotatable bonds is 2. The van der Waals surface area contributed by atoms with Gasteiger partial charge in [0.15, 0.2) is 5.13 Å². The Morgan fingerprint density at radius 3 is 3.00 bits per heavy atom. The standard InChI is InChI=1S/C10H9ClN2S/c11-7-2-1-3-8-9(7)14-10(13-8)12-6-4-5-6/h1-3,6H,4-5H2,(H,12,13). The van der Waals surface area contributed by atoms with Crippen molar-refractivity contribution in [3.63, 3.8) is 0 Å². The number of benzene rings is 1. The molecule has 1 aliphatic rings. The summed E-state index contributed by atoms with van der Waals surface area (Å²) < 4.78 is 1.08. The van der Waals surface area contributed by atoms with E-state index in [4.69, 9.17) is 11.6 Å². The van der Waals surface area contributed by atoms with Gasteiger partial charge in [-0.15, -0.1) is 0 Å². The van der Waals surface area contributed by atoms with Gasteiger partial charge in [0.1, 0.15) is 0 Å². The summed E-state index contributed by atoms with van der Waals surface area (Å²) in [4.78, 5) is 4.48. The van der Waals surface area contributed by atoms with Crippen molar-refractivity contribution in [2.45, 2.75) is 18.9 Å². The summed E-state index contributed by atoms with van der Waals surface area (Å²) in [6.07, 6.45) is 2.54. The zero-order chi connectivity index (χ0) is 9.54. The quantitative estimate of drug-likeness (QED) is 0.844. The summed E-state index contributed by atoms with van der Waals surface area (Å²) in [6, 6.07) is 6.48. The van der Waals surface area contributed by atoms with Crippen LogP contribution in [0.25, 0.3) is 10.2 Å². The Labute approximate surface area is 90.9 Å². The van der Waals surface area contributed by atoms with E-state index in [1.165, 1.54) is 12.8 Å². The lowest BCUT2D eigenvalue weighted by atomic mass is 10.3. The van der Waals surface area contributed by atoms with Crippen LogP contribution in [-0.2, 0) is 0 Å². The molecule has 1 aromatic heterocycles. The predicted molar refractivity (Wildman–Crippen MR) is 61.3 cm³/mol. The van der Waals surface area contributed by atoms with E-state index in [1.54, 1.807) is 11.3 Å². The number of aromatic nitrogens is 1. The molecule has 0 bridgehead atoms. The third-order valence-electron chi connectivity index (χ3n) is 2.27. The maximum Gasteiger partial charge on any atom is 0.184 e. The number of hydrogen-bond acceptors (Lipinski definition) is 3. The fourth-order valence-electron chi connectivity index (χ4n) is 1.38. The van der Waals surface area contributed by atoms with E-state index in [1.807, 2.05) is 18.2 Å². The van der Waals surface area contributed by atoms with E-state index in [0.717, 1.165) is 20.4 Å². The molecule has 1 fully saturated rings. The molecule has 1 saturated carbocycles. The second kappa shape index (κ2) is 3.11. The van der Waals surface area contributed by atoms with E-state index in [9.17, 15) is 0 Å². The fourth-order valence-corrected chi connectivity index (χ4v) is 2.61. The summed E-state index contributed by atoms with van der Waals surface area (Å²) in [5, 5.41) is 5.17. The number of nitrogens with one attached hydrogen (secondary N) is 1. The third-order valence-corrected chi connectivity index (χ3v) is 3.73. The van der Waals surface area contributed by atoms with Crippen LogP contribution >= 0.6 is 22.9 Å². The molecule has 1 aromatic carbocycles. The minimum absolute atomic E-state index is 0.648. The molecule has 1 N–H and O–H groups in total. The van der Waals surface area contributed by atoms with E-state index in [-0.39, 0.29) is 0 Å². The molecule has 0 atom stereocenters. The molecule has 0 amide bonds. The Kier molecular flexibility index (Phi) is 1.89. The van der Waals surface area contributed by atoms with Gasteiger partial charge in [0.05, 0.1) is 15.2 Å². The Hall–Kier alpha value is -0.800. The Morgan fingerprint density at radius 1 is 1.43 bits per heavy atom. The highest BCUT2D eigenvalue weighted by molar-refractivity contribution is 7.22. The lowest BCUT2D eigenvalue weighted by Crippen LogP contribution is -1.99. The first-order chi connectivity index (χ1) is 6.83. The highest BCUT2D eigenvalue weighted by Gasteiger charge is 2.22. The van der Waals surface area contributed by atoms with Gasteiger partial charge >= 0.3 is 0 Å². The number of anilines is 1. The summed E-state index contributed by atoms with van der Waals surface area (Å²) in [5.41, 5.74) is 0.991. The van der Waals surface area contributed by atoms with Crippen molar-refractivity contribution >= 4 is 38.3 Å². The van der Waals surface area contributed by atoms with Gasteiger partial charge < -0.3 is 5.32 Å². The summed E-state index contributed by atoms with van der Waals surface area (Å²) >= 11 is 7.70. The third kappa shape index (κ3) is 1.47. The molecule has 14 heavy (non-hydrogen) atoms. The Morgan fingerprint density at radius 2 is 2.29 bits per heavy atom. The van der Waals surface area contributed by atoms with Gasteiger partial charge in [-0.1, -0.05) is 29.0 Å². The van der Waals surface area contributed by atoms with E-state index in [2.05, 4.69) is 10.3 Å². The van der Waals surface area contributed by atoms with Crippen LogP contribution < -0.4 is 5.32 Å². The summed E-state index contributed by atoms with van der Waals surface area (Å²) in [6.45, 7) is 0. The monoisotopic (exact) mass is 224 g/mol. The van der Waals surface area contributed by atoms with Crippen LogP contribution in [0.4, 0.5) is 5.13 Å².